The van der Waals surface area contributed by atoms with E-state index >= 15 is 0 Å². The number of nitro groups is 1. The molecule has 1 aliphatic rings. The van der Waals surface area contributed by atoms with Crippen molar-refractivity contribution in [3.8, 4) is 0 Å². The fourth-order valence-corrected chi connectivity index (χ4v) is 4.35. The van der Waals surface area contributed by atoms with Crippen LogP contribution in [0.15, 0.2) is 24.3 Å². The number of benzene rings is 1. The number of hydrogen-bond donors (Lipinski definition) is 1. The topological polar surface area (TPSA) is 104 Å². The third-order valence-electron chi connectivity index (χ3n) is 3.68. The molecule has 8 nitrogen and oxygen atoms in total. The number of non-ortho nitro benzene ring substituents is 1. The van der Waals surface area contributed by atoms with Crippen LogP contribution in [-0.4, -0.2) is 66.2 Å². The summed E-state index contributed by atoms with van der Waals surface area (Å²) in [6, 6.07) is 5.56. The summed E-state index contributed by atoms with van der Waals surface area (Å²) >= 11 is 0. The Morgan fingerprint density at radius 2 is 1.86 bits per heavy atom. The molecule has 122 valence electrons. The van der Waals surface area contributed by atoms with Crippen molar-refractivity contribution in [1.82, 2.24) is 10.0 Å². The van der Waals surface area contributed by atoms with Gasteiger partial charge in [-0.25, -0.2) is 18.4 Å². The van der Waals surface area contributed by atoms with Crippen LogP contribution in [0.3, 0.4) is 0 Å². The van der Waals surface area contributed by atoms with Gasteiger partial charge in [-0.15, -0.1) is 0 Å². The van der Waals surface area contributed by atoms with Crippen LogP contribution < -0.4 is 0 Å². The van der Waals surface area contributed by atoms with E-state index in [-0.39, 0.29) is 17.2 Å². The molecule has 1 aliphatic heterocycles. The summed E-state index contributed by atoms with van der Waals surface area (Å²) in [5, 5.41) is 24.1. The van der Waals surface area contributed by atoms with E-state index in [1.807, 2.05) is 0 Å². The highest BCUT2D eigenvalue weighted by Gasteiger charge is 2.40. The van der Waals surface area contributed by atoms with E-state index < -0.39 is 26.9 Å². The molecular formula is C13H19N3O5S. The Hall–Kier alpha value is -1.55. The quantitative estimate of drug-likeness (QED) is 0.600. The molecule has 0 amide bonds. The number of aliphatic hydroxyl groups excluding tert-OH is 1. The van der Waals surface area contributed by atoms with E-state index in [0.29, 0.717) is 6.54 Å². The number of nitrogens with zero attached hydrogens (tertiary/aromatic N) is 3. The second kappa shape index (κ2) is 6.29. The van der Waals surface area contributed by atoms with Crippen LogP contribution >= 0.6 is 0 Å². The Balaban J connectivity index is 2.17. The lowest BCUT2D eigenvalue weighted by Crippen LogP contribution is -2.49. The van der Waals surface area contributed by atoms with E-state index in [2.05, 4.69) is 0 Å². The Bertz CT molecular complexity index is 644. The molecule has 0 unspecified atom stereocenters. The van der Waals surface area contributed by atoms with Gasteiger partial charge in [0.2, 0.25) is 0 Å². The van der Waals surface area contributed by atoms with Gasteiger partial charge in [-0.05, 0) is 5.56 Å². The van der Waals surface area contributed by atoms with Crippen molar-refractivity contribution in [3.63, 3.8) is 0 Å². The highest BCUT2D eigenvalue weighted by molar-refractivity contribution is 7.91. The average molecular weight is 329 g/mol. The van der Waals surface area contributed by atoms with Crippen LogP contribution in [0.5, 0.6) is 0 Å². The van der Waals surface area contributed by atoms with E-state index in [1.165, 1.54) is 12.1 Å². The van der Waals surface area contributed by atoms with Gasteiger partial charge in [0.15, 0.2) is 9.84 Å². The molecule has 0 bridgehead atoms. The Labute approximate surface area is 129 Å². The number of hydrogen-bond acceptors (Lipinski definition) is 7. The zero-order chi connectivity index (χ0) is 16.5. The molecule has 0 spiro atoms. The maximum Gasteiger partial charge on any atom is 0.269 e. The van der Waals surface area contributed by atoms with Crippen molar-refractivity contribution < 1.29 is 18.4 Å². The minimum Gasteiger partial charge on any atom is -0.390 e. The molecule has 1 N–H and O–H groups in total. The summed E-state index contributed by atoms with van der Waals surface area (Å²) in [5.41, 5.74) is 0.805. The molecular weight excluding hydrogens is 310 g/mol. The van der Waals surface area contributed by atoms with Gasteiger partial charge in [-0.1, -0.05) is 12.1 Å². The van der Waals surface area contributed by atoms with Crippen molar-refractivity contribution in [3.05, 3.63) is 39.9 Å². The third kappa shape index (κ3) is 3.80. The number of aliphatic hydroxyl groups is 1. The van der Waals surface area contributed by atoms with Gasteiger partial charge in [0.1, 0.15) is 0 Å². The van der Waals surface area contributed by atoms with Gasteiger partial charge in [-0.2, -0.15) is 0 Å². The van der Waals surface area contributed by atoms with Gasteiger partial charge in [0, 0.05) is 32.8 Å². The largest absolute Gasteiger partial charge is 0.390 e. The molecule has 2 rings (SSSR count). The van der Waals surface area contributed by atoms with Gasteiger partial charge in [0.25, 0.3) is 5.69 Å². The highest BCUT2D eigenvalue weighted by atomic mass is 32.2. The SMILES string of the molecule is CN(C)N(Cc1ccc([N+](=O)[O-])cc1)[C@H]1CS(=O)(=O)C[C@H]1O. The first kappa shape index (κ1) is 16.8. The molecule has 1 aromatic rings. The maximum absolute atomic E-state index is 11.7. The zero-order valence-electron chi connectivity index (χ0n) is 12.4. The first-order valence-corrected chi connectivity index (χ1v) is 8.57. The summed E-state index contributed by atoms with van der Waals surface area (Å²) in [4.78, 5) is 10.2. The van der Waals surface area contributed by atoms with Crippen molar-refractivity contribution in [2.75, 3.05) is 25.6 Å². The Morgan fingerprint density at radius 1 is 1.27 bits per heavy atom. The van der Waals surface area contributed by atoms with Crippen LogP contribution in [0.25, 0.3) is 0 Å². The summed E-state index contributed by atoms with van der Waals surface area (Å²) in [6.45, 7) is 0.363. The van der Waals surface area contributed by atoms with Crippen LogP contribution in [0.1, 0.15) is 5.56 Å². The lowest BCUT2D eigenvalue weighted by molar-refractivity contribution is -0.384. The zero-order valence-corrected chi connectivity index (χ0v) is 13.2. The summed E-state index contributed by atoms with van der Waals surface area (Å²) in [6.07, 6.45) is -0.939. The molecule has 0 saturated carbocycles. The molecule has 9 heteroatoms. The predicted molar refractivity (Wildman–Crippen MR) is 80.8 cm³/mol. The third-order valence-corrected chi connectivity index (χ3v) is 5.38. The number of hydrazine groups is 1. The minimum atomic E-state index is -3.24. The monoisotopic (exact) mass is 329 g/mol. The first-order chi connectivity index (χ1) is 10.2. The van der Waals surface area contributed by atoms with Gasteiger partial charge >= 0.3 is 0 Å². The molecule has 1 heterocycles. The molecule has 1 aromatic carbocycles. The van der Waals surface area contributed by atoms with E-state index in [4.69, 9.17) is 0 Å². The van der Waals surface area contributed by atoms with Crippen LogP contribution in [0.4, 0.5) is 5.69 Å². The fraction of sp³-hybridized carbons (Fsp3) is 0.538. The first-order valence-electron chi connectivity index (χ1n) is 6.75. The molecule has 2 atom stereocenters. The molecule has 22 heavy (non-hydrogen) atoms. The molecule has 1 fully saturated rings. The lowest BCUT2D eigenvalue weighted by atomic mass is 10.1. The second-order valence-corrected chi connectivity index (χ2v) is 7.73. The second-order valence-electron chi connectivity index (χ2n) is 5.58. The Morgan fingerprint density at radius 3 is 2.27 bits per heavy atom. The maximum atomic E-state index is 11.7. The van der Waals surface area contributed by atoms with Crippen LogP contribution in [0.2, 0.25) is 0 Å². The number of rotatable bonds is 5. The molecule has 0 aromatic heterocycles. The van der Waals surface area contributed by atoms with Crippen LogP contribution in [0, 0.1) is 10.1 Å². The standard InChI is InChI=1S/C13H19N3O5S/c1-14(2)15(12-8-22(20,21)9-13(12)17)7-10-3-5-11(6-4-10)16(18)19/h3-6,12-13,17H,7-9H2,1-2H3/t12-,13+/m0/s1. The van der Waals surface area contributed by atoms with Crippen molar-refractivity contribution in [2.24, 2.45) is 0 Å². The van der Waals surface area contributed by atoms with Crippen molar-refractivity contribution in [1.29, 1.82) is 0 Å². The Kier molecular flexibility index (Phi) is 4.81. The average Bonchev–Trinajstić information content (AvgIpc) is 2.69. The lowest BCUT2D eigenvalue weighted by Gasteiger charge is -2.35. The highest BCUT2D eigenvalue weighted by Crippen LogP contribution is 2.22. The number of sulfone groups is 1. The normalized spacial score (nSPS) is 24.0. The van der Waals surface area contributed by atoms with Gasteiger partial charge in [0.05, 0.1) is 28.6 Å². The summed E-state index contributed by atoms with van der Waals surface area (Å²) < 4.78 is 23.3. The van der Waals surface area contributed by atoms with Crippen molar-refractivity contribution >= 4 is 15.5 Å². The van der Waals surface area contributed by atoms with E-state index in [0.717, 1.165) is 5.56 Å². The minimum absolute atomic E-state index is 0.00336. The molecule has 1 saturated heterocycles. The molecule has 0 aliphatic carbocycles. The predicted octanol–water partition coefficient (Wildman–Crippen LogP) is 0.0313. The van der Waals surface area contributed by atoms with Gasteiger partial charge in [-0.3, -0.25) is 10.1 Å². The van der Waals surface area contributed by atoms with E-state index in [1.54, 1.807) is 36.2 Å². The number of nitro benzene ring substituents is 1. The van der Waals surface area contributed by atoms with E-state index in [9.17, 15) is 23.6 Å². The fourth-order valence-electron chi connectivity index (χ4n) is 2.56. The summed E-state index contributed by atoms with van der Waals surface area (Å²) in [7, 11) is 0.293. The van der Waals surface area contributed by atoms with Crippen molar-refractivity contribution in [2.45, 2.75) is 18.7 Å². The smallest absolute Gasteiger partial charge is 0.269 e. The van der Waals surface area contributed by atoms with Crippen LogP contribution in [-0.2, 0) is 16.4 Å². The summed E-state index contributed by atoms with van der Waals surface area (Å²) in [5.74, 6) is -0.332. The van der Waals surface area contributed by atoms with Gasteiger partial charge < -0.3 is 5.11 Å². The molecule has 0 radical (unpaired) electrons.